The number of sulfonamides is 1. The number of hydrogen-bond acceptors (Lipinski definition) is 3. The van der Waals surface area contributed by atoms with Crippen LogP contribution in [-0.2, 0) is 14.8 Å². The molecule has 0 spiro atoms. The van der Waals surface area contributed by atoms with Gasteiger partial charge in [0.15, 0.2) is 0 Å². The Morgan fingerprint density at radius 3 is 2.14 bits per heavy atom. The van der Waals surface area contributed by atoms with Gasteiger partial charge in [-0.15, -0.1) is 0 Å². The maximum Gasteiger partial charge on any atom is 0.262 e. The maximum atomic E-state index is 14.0. The summed E-state index contributed by atoms with van der Waals surface area (Å²) < 4.78 is 55.0. The Balaban J connectivity index is 1.83. The first-order valence-electron chi connectivity index (χ1n) is 8.81. The molecule has 0 saturated heterocycles. The highest BCUT2D eigenvalue weighted by Crippen LogP contribution is 2.27. The highest BCUT2D eigenvalue weighted by molar-refractivity contribution is 7.93. The molecule has 0 aliphatic rings. The molecule has 29 heavy (non-hydrogen) atoms. The molecule has 2 N–H and O–H groups in total. The van der Waals surface area contributed by atoms with Crippen LogP contribution in [-0.4, -0.2) is 21.0 Å². The minimum atomic E-state index is -3.97. The van der Waals surface area contributed by atoms with Crippen molar-refractivity contribution in [2.24, 2.45) is 5.41 Å². The molecule has 0 fully saturated rings. The Hall–Kier alpha value is -3.00. The molecule has 0 aliphatic heterocycles. The van der Waals surface area contributed by atoms with E-state index in [1.807, 2.05) is 0 Å². The second-order valence-corrected chi connectivity index (χ2v) is 8.90. The Morgan fingerprint density at radius 1 is 0.931 bits per heavy atom. The number of rotatable bonds is 6. The van der Waals surface area contributed by atoms with Crippen LogP contribution in [0.4, 0.5) is 20.2 Å². The fourth-order valence-corrected chi connectivity index (χ4v) is 3.93. The smallest absolute Gasteiger partial charge is 0.262 e. The van der Waals surface area contributed by atoms with Gasteiger partial charge in [0.2, 0.25) is 5.91 Å². The zero-order valence-electron chi connectivity index (χ0n) is 15.9. The normalized spacial score (nSPS) is 12.0. The fourth-order valence-electron chi connectivity index (χ4n) is 2.66. The predicted octanol–water partition coefficient (Wildman–Crippen LogP) is 4.71. The van der Waals surface area contributed by atoms with Crippen LogP contribution in [0.25, 0.3) is 10.8 Å². The summed E-state index contributed by atoms with van der Waals surface area (Å²) in [4.78, 5) is 12.0. The molecule has 0 unspecified atom stereocenters. The topological polar surface area (TPSA) is 75.3 Å². The summed E-state index contributed by atoms with van der Waals surface area (Å²) in [6.07, 6.45) is 0. The highest BCUT2D eigenvalue weighted by atomic mass is 32.2. The van der Waals surface area contributed by atoms with E-state index in [1.165, 1.54) is 56.3 Å². The predicted molar refractivity (Wildman–Crippen MR) is 110 cm³/mol. The van der Waals surface area contributed by atoms with Crippen molar-refractivity contribution >= 4 is 38.1 Å². The molecule has 0 bridgehead atoms. The summed E-state index contributed by atoms with van der Waals surface area (Å²) in [6.45, 7) is 2.16. The van der Waals surface area contributed by atoms with Gasteiger partial charge in [-0.2, -0.15) is 0 Å². The van der Waals surface area contributed by atoms with Crippen molar-refractivity contribution in [3.8, 4) is 0 Å². The standard InChI is InChI=1S/C21H20F2N2O3S/c1-21(2,13-22)20(26)24-14-7-9-15(10-8-14)25-29(27,28)19-12-11-18(23)16-5-3-4-6-17(16)19/h3-12,25H,13H2,1-2H3,(H,24,26). The summed E-state index contributed by atoms with van der Waals surface area (Å²) in [7, 11) is -3.97. The Labute approximate surface area is 167 Å². The molecule has 0 aliphatic carbocycles. The Bertz CT molecular complexity index is 1160. The van der Waals surface area contributed by atoms with Crippen molar-refractivity contribution in [2.45, 2.75) is 18.7 Å². The summed E-state index contributed by atoms with van der Waals surface area (Å²) in [6, 6.07) is 14.6. The van der Waals surface area contributed by atoms with E-state index in [4.69, 9.17) is 0 Å². The number of benzene rings is 3. The van der Waals surface area contributed by atoms with Gasteiger partial charge in [0.25, 0.3) is 10.0 Å². The van der Waals surface area contributed by atoms with E-state index >= 15 is 0 Å². The number of fused-ring (bicyclic) bond motifs is 1. The SMILES string of the molecule is CC(C)(CF)C(=O)Nc1ccc(NS(=O)(=O)c2ccc(F)c3ccccc23)cc1. The third-order valence-electron chi connectivity index (χ3n) is 4.46. The lowest BCUT2D eigenvalue weighted by Gasteiger charge is -2.19. The van der Waals surface area contributed by atoms with Gasteiger partial charge < -0.3 is 5.32 Å². The van der Waals surface area contributed by atoms with E-state index in [0.29, 0.717) is 5.69 Å². The first-order chi connectivity index (χ1) is 13.6. The number of amides is 1. The minimum absolute atomic E-state index is 0.0448. The fraction of sp³-hybridized carbons (Fsp3) is 0.190. The molecule has 0 heterocycles. The van der Waals surface area contributed by atoms with Crippen LogP contribution in [0.1, 0.15) is 13.8 Å². The van der Waals surface area contributed by atoms with Gasteiger partial charge in [-0.3, -0.25) is 9.52 Å². The van der Waals surface area contributed by atoms with E-state index in [0.717, 1.165) is 6.07 Å². The molecule has 0 aromatic heterocycles. The molecule has 3 aromatic carbocycles. The Morgan fingerprint density at radius 2 is 1.52 bits per heavy atom. The number of carbonyl (C=O) groups excluding carboxylic acids is 1. The minimum Gasteiger partial charge on any atom is -0.326 e. The third-order valence-corrected chi connectivity index (χ3v) is 5.90. The monoisotopic (exact) mass is 418 g/mol. The van der Waals surface area contributed by atoms with Crippen molar-refractivity contribution in [3.63, 3.8) is 0 Å². The second-order valence-electron chi connectivity index (χ2n) is 7.25. The zero-order valence-corrected chi connectivity index (χ0v) is 16.7. The van der Waals surface area contributed by atoms with Gasteiger partial charge in [-0.1, -0.05) is 24.3 Å². The van der Waals surface area contributed by atoms with E-state index in [1.54, 1.807) is 12.1 Å². The van der Waals surface area contributed by atoms with E-state index in [9.17, 15) is 22.0 Å². The number of carbonyl (C=O) groups is 1. The second kappa shape index (κ2) is 7.79. The van der Waals surface area contributed by atoms with Gasteiger partial charge in [0.05, 0.1) is 10.3 Å². The van der Waals surface area contributed by atoms with Crippen LogP contribution < -0.4 is 10.0 Å². The number of nitrogens with one attached hydrogen (secondary N) is 2. The molecule has 0 saturated carbocycles. The van der Waals surface area contributed by atoms with Gasteiger partial charge in [0.1, 0.15) is 12.5 Å². The summed E-state index contributed by atoms with van der Waals surface area (Å²) in [5.74, 6) is -0.984. The highest BCUT2D eigenvalue weighted by Gasteiger charge is 2.27. The number of halogens is 2. The van der Waals surface area contributed by atoms with Crippen molar-refractivity contribution < 1.29 is 22.0 Å². The van der Waals surface area contributed by atoms with Crippen LogP contribution in [0, 0.1) is 11.2 Å². The molecule has 0 radical (unpaired) electrons. The molecule has 5 nitrogen and oxygen atoms in total. The largest absolute Gasteiger partial charge is 0.326 e. The molecule has 1 amide bonds. The number of anilines is 2. The average molecular weight is 418 g/mol. The summed E-state index contributed by atoms with van der Waals surface area (Å²) in [5.41, 5.74) is -0.489. The van der Waals surface area contributed by atoms with Crippen molar-refractivity contribution in [3.05, 3.63) is 66.5 Å². The first kappa shape index (κ1) is 20.7. The van der Waals surface area contributed by atoms with Gasteiger partial charge in [-0.05, 0) is 50.2 Å². The van der Waals surface area contributed by atoms with Crippen molar-refractivity contribution in [2.75, 3.05) is 16.7 Å². The van der Waals surface area contributed by atoms with Crippen LogP contribution in [0.3, 0.4) is 0 Å². The third kappa shape index (κ3) is 4.37. The lowest BCUT2D eigenvalue weighted by molar-refractivity contribution is -0.124. The van der Waals surface area contributed by atoms with Gasteiger partial charge >= 0.3 is 0 Å². The zero-order chi connectivity index (χ0) is 21.2. The van der Waals surface area contributed by atoms with Gasteiger partial charge in [0, 0.05) is 22.1 Å². The summed E-state index contributed by atoms with van der Waals surface area (Å²) in [5, 5.41) is 3.07. The van der Waals surface area contributed by atoms with Crippen LogP contribution in [0.5, 0.6) is 0 Å². The molecule has 8 heteroatoms. The summed E-state index contributed by atoms with van der Waals surface area (Å²) >= 11 is 0. The van der Waals surface area contributed by atoms with Crippen LogP contribution in [0.2, 0.25) is 0 Å². The van der Waals surface area contributed by atoms with E-state index < -0.39 is 33.8 Å². The molecule has 0 atom stereocenters. The first-order valence-corrected chi connectivity index (χ1v) is 10.3. The molecular formula is C21H20F2N2O3S. The van der Waals surface area contributed by atoms with Crippen LogP contribution in [0.15, 0.2) is 65.6 Å². The molecular weight excluding hydrogens is 398 g/mol. The number of alkyl halides is 1. The molecule has 3 aromatic rings. The molecule has 3 rings (SSSR count). The van der Waals surface area contributed by atoms with Gasteiger partial charge in [-0.25, -0.2) is 17.2 Å². The van der Waals surface area contributed by atoms with E-state index in [-0.39, 0.29) is 21.4 Å². The van der Waals surface area contributed by atoms with Crippen molar-refractivity contribution in [1.82, 2.24) is 0 Å². The van der Waals surface area contributed by atoms with E-state index in [2.05, 4.69) is 10.0 Å². The quantitative estimate of drug-likeness (QED) is 0.609. The molecule has 152 valence electrons. The number of hydrogen-bond donors (Lipinski definition) is 2. The maximum absolute atomic E-state index is 14.0. The lowest BCUT2D eigenvalue weighted by Crippen LogP contribution is -2.32. The van der Waals surface area contributed by atoms with Crippen LogP contribution >= 0.6 is 0 Å². The van der Waals surface area contributed by atoms with Crippen molar-refractivity contribution in [1.29, 1.82) is 0 Å². The Kier molecular flexibility index (Phi) is 5.57. The average Bonchev–Trinajstić information content (AvgIpc) is 2.69. The lowest BCUT2D eigenvalue weighted by atomic mass is 9.94.